The fraction of sp³-hybridized carbons (Fsp3) is 0.143. The summed E-state index contributed by atoms with van der Waals surface area (Å²) in [5.41, 5.74) is 0. The van der Waals surface area contributed by atoms with Crippen molar-refractivity contribution in [3.63, 3.8) is 0 Å². The highest BCUT2D eigenvalue weighted by molar-refractivity contribution is 9.10. The monoisotopic (exact) mass is 301 g/mol. The first-order valence-corrected chi connectivity index (χ1v) is 5.01. The average molecular weight is 303 g/mol. The maximum atomic E-state index is 5.52. The van der Waals surface area contributed by atoms with Crippen molar-refractivity contribution in [2.45, 2.75) is 0 Å². The molecule has 0 aromatic heterocycles. The van der Waals surface area contributed by atoms with Gasteiger partial charge in [-0.25, -0.2) is 0 Å². The molecule has 0 heterocycles. The normalized spacial score (nSPS) is 9.54. The summed E-state index contributed by atoms with van der Waals surface area (Å²) in [6.45, 7) is 0. The van der Waals surface area contributed by atoms with Gasteiger partial charge in [0.1, 0.15) is 5.75 Å². The van der Waals surface area contributed by atoms with E-state index in [1.54, 1.807) is 7.05 Å². The van der Waals surface area contributed by atoms with Crippen LogP contribution in [0.15, 0.2) is 28.7 Å². The Morgan fingerprint density at radius 3 is 2.38 bits per heavy atom. The zero-order chi connectivity index (χ0) is 8.97. The van der Waals surface area contributed by atoms with E-state index in [0.29, 0.717) is 0 Å². The van der Waals surface area contributed by atoms with Crippen molar-refractivity contribution in [2.75, 3.05) is 7.05 Å². The van der Waals surface area contributed by atoms with E-state index >= 15 is 0 Å². The number of hydrogen-bond acceptors (Lipinski definition) is 3. The molecule has 0 bridgehead atoms. The van der Waals surface area contributed by atoms with Crippen molar-refractivity contribution in [2.24, 2.45) is 0 Å². The maximum absolute atomic E-state index is 5.52. The Balaban J connectivity index is 0.00000144. The smallest absolute Gasteiger partial charge is 0.162 e. The fourth-order valence-electron chi connectivity index (χ4n) is 0.585. The van der Waals surface area contributed by atoms with Crippen molar-refractivity contribution >= 4 is 53.4 Å². The van der Waals surface area contributed by atoms with Crippen molar-refractivity contribution < 1.29 is 4.18 Å². The highest BCUT2D eigenvalue weighted by atomic mass is 79.9. The van der Waals surface area contributed by atoms with Crippen molar-refractivity contribution in [1.82, 2.24) is 3.82 Å². The Bertz CT molecular complexity index is 245. The lowest BCUT2D eigenvalue weighted by atomic mass is 10.3. The van der Waals surface area contributed by atoms with Crippen LogP contribution in [0.25, 0.3) is 0 Å². The van der Waals surface area contributed by atoms with E-state index in [1.165, 1.54) is 3.82 Å². The molecule has 0 N–H and O–H groups in total. The Labute approximate surface area is 103 Å². The van der Waals surface area contributed by atoms with Gasteiger partial charge >= 0.3 is 0 Å². The molecule has 74 valence electrons. The van der Waals surface area contributed by atoms with Crippen LogP contribution >= 0.6 is 53.4 Å². The van der Waals surface area contributed by atoms with Crippen LogP contribution < -0.4 is 4.18 Å². The number of benzene rings is 1. The Morgan fingerprint density at radius 1 is 1.38 bits per heavy atom. The second kappa shape index (κ2) is 6.84. The molecule has 0 aliphatic carbocycles. The van der Waals surface area contributed by atoms with E-state index in [4.69, 9.17) is 16.0 Å². The predicted molar refractivity (Wildman–Crippen MR) is 66.4 cm³/mol. The zero-order valence-electron chi connectivity index (χ0n) is 6.83. The van der Waals surface area contributed by atoms with E-state index in [2.05, 4.69) is 15.9 Å². The molecule has 0 spiro atoms. The number of nitrogens with zero attached hydrogens (tertiary/aromatic N) is 1. The van der Waals surface area contributed by atoms with Gasteiger partial charge in [0.15, 0.2) is 12.2 Å². The van der Waals surface area contributed by atoms with E-state index < -0.39 is 0 Å². The SMILES string of the molecule is CN(Cl)SOc1ccc(Br)cc1.S. The van der Waals surface area contributed by atoms with Crippen LogP contribution in [0.4, 0.5) is 0 Å². The standard InChI is InChI=1S/C7H7BrClNOS.H2S/c1-10(9)12-11-7-4-2-6(8)3-5-7;/h2-5H,1H3;1H2. The zero-order valence-corrected chi connectivity index (χ0v) is 11.0. The van der Waals surface area contributed by atoms with E-state index in [-0.39, 0.29) is 13.5 Å². The second-order valence-corrected chi connectivity index (χ2v) is 4.52. The van der Waals surface area contributed by atoms with Gasteiger partial charge in [-0.2, -0.15) is 13.5 Å². The van der Waals surface area contributed by atoms with Crippen LogP contribution in [0.5, 0.6) is 5.75 Å². The molecule has 0 atom stereocenters. The molecule has 0 aliphatic heterocycles. The Morgan fingerprint density at radius 2 is 1.92 bits per heavy atom. The van der Waals surface area contributed by atoms with Gasteiger partial charge in [-0.3, -0.25) is 0 Å². The van der Waals surface area contributed by atoms with Gasteiger partial charge in [-0.05, 0) is 36.0 Å². The molecule has 6 heteroatoms. The third-order valence-corrected chi connectivity index (χ3v) is 2.22. The third kappa shape index (κ3) is 5.70. The minimum atomic E-state index is 0. The van der Waals surface area contributed by atoms with Gasteiger partial charge in [0.2, 0.25) is 0 Å². The molecule has 0 unspecified atom stereocenters. The molecule has 0 saturated heterocycles. The minimum Gasteiger partial charge on any atom is -0.409 e. The Hall–Kier alpha value is 0.450. The summed E-state index contributed by atoms with van der Waals surface area (Å²) in [6, 6.07) is 7.53. The highest BCUT2D eigenvalue weighted by Crippen LogP contribution is 2.21. The molecule has 0 amide bonds. The summed E-state index contributed by atoms with van der Waals surface area (Å²) >= 11 is 9.92. The molecule has 1 rings (SSSR count). The van der Waals surface area contributed by atoms with Crippen LogP contribution in [0.1, 0.15) is 0 Å². The number of hydrogen-bond donors (Lipinski definition) is 0. The first-order chi connectivity index (χ1) is 5.68. The quantitative estimate of drug-likeness (QED) is 0.481. The van der Waals surface area contributed by atoms with Crippen LogP contribution in [0, 0.1) is 0 Å². The van der Waals surface area contributed by atoms with Crippen molar-refractivity contribution in [1.29, 1.82) is 0 Å². The average Bonchev–Trinajstić information content (AvgIpc) is 2.03. The molecule has 1 aromatic carbocycles. The van der Waals surface area contributed by atoms with Crippen LogP contribution in [-0.4, -0.2) is 10.9 Å². The van der Waals surface area contributed by atoms with Crippen LogP contribution in [-0.2, 0) is 0 Å². The topological polar surface area (TPSA) is 12.5 Å². The largest absolute Gasteiger partial charge is 0.409 e. The fourth-order valence-corrected chi connectivity index (χ4v) is 1.23. The first kappa shape index (κ1) is 13.4. The molecule has 13 heavy (non-hydrogen) atoms. The molecular weight excluding hydrogens is 294 g/mol. The lowest BCUT2D eigenvalue weighted by Gasteiger charge is -2.05. The highest BCUT2D eigenvalue weighted by Gasteiger charge is 1.96. The third-order valence-electron chi connectivity index (χ3n) is 1.05. The summed E-state index contributed by atoms with van der Waals surface area (Å²) in [6.07, 6.45) is 0. The summed E-state index contributed by atoms with van der Waals surface area (Å²) in [7, 11) is 1.70. The first-order valence-electron chi connectivity index (χ1n) is 3.18. The predicted octanol–water partition coefficient (Wildman–Crippen LogP) is 3.59. The van der Waals surface area contributed by atoms with E-state index in [0.717, 1.165) is 22.5 Å². The maximum Gasteiger partial charge on any atom is 0.162 e. The summed E-state index contributed by atoms with van der Waals surface area (Å²) in [5.74, 6) is 0.774. The van der Waals surface area contributed by atoms with Gasteiger partial charge in [0.25, 0.3) is 0 Å². The molecular formula is C7H9BrClNOS2. The second-order valence-electron chi connectivity index (χ2n) is 2.03. The van der Waals surface area contributed by atoms with E-state index in [9.17, 15) is 0 Å². The van der Waals surface area contributed by atoms with Crippen molar-refractivity contribution in [3.05, 3.63) is 28.7 Å². The van der Waals surface area contributed by atoms with Crippen LogP contribution in [0.2, 0.25) is 0 Å². The summed E-state index contributed by atoms with van der Waals surface area (Å²) in [4.78, 5) is 0. The van der Waals surface area contributed by atoms with Gasteiger partial charge < -0.3 is 4.18 Å². The van der Waals surface area contributed by atoms with Gasteiger partial charge in [0.05, 0.1) is 0 Å². The molecule has 0 saturated carbocycles. The molecule has 0 radical (unpaired) electrons. The lowest BCUT2D eigenvalue weighted by molar-refractivity contribution is 0.618. The van der Waals surface area contributed by atoms with Gasteiger partial charge in [-0.1, -0.05) is 15.9 Å². The number of rotatable bonds is 3. The molecule has 0 fully saturated rings. The van der Waals surface area contributed by atoms with Gasteiger partial charge in [-0.15, -0.1) is 3.82 Å². The molecule has 1 aromatic rings. The number of halogens is 2. The van der Waals surface area contributed by atoms with Crippen LogP contribution in [0.3, 0.4) is 0 Å². The van der Waals surface area contributed by atoms with Gasteiger partial charge in [0, 0.05) is 11.5 Å². The summed E-state index contributed by atoms with van der Waals surface area (Å²) in [5, 5.41) is 0. The Kier molecular flexibility index (Phi) is 7.07. The van der Waals surface area contributed by atoms with Crippen molar-refractivity contribution in [3.8, 4) is 5.75 Å². The summed E-state index contributed by atoms with van der Waals surface area (Å²) < 4.78 is 7.60. The van der Waals surface area contributed by atoms with E-state index in [1.807, 2.05) is 24.3 Å². The lowest BCUT2D eigenvalue weighted by Crippen LogP contribution is -1.94. The minimum absolute atomic E-state index is 0. The molecule has 0 aliphatic rings. The molecule has 2 nitrogen and oxygen atoms in total.